The second kappa shape index (κ2) is 4.10. The Morgan fingerprint density at radius 3 is 2.73 bits per heavy atom. The lowest BCUT2D eigenvalue weighted by Gasteiger charge is -2.15. The third-order valence-corrected chi connectivity index (χ3v) is 2.00. The Morgan fingerprint density at radius 1 is 1.40 bits per heavy atom. The molecule has 2 rings (SSSR count). The lowest BCUT2D eigenvalue weighted by Crippen LogP contribution is -2.34. The van der Waals surface area contributed by atoms with Crippen LogP contribution in [0.3, 0.4) is 0 Å². The van der Waals surface area contributed by atoms with E-state index in [1.54, 1.807) is 0 Å². The van der Waals surface area contributed by atoms with Gasteiger partial charge in [0.05, 0.1) is 0 Å². The summed E-state index contributed by atoms with van der Waals surface area (Å²) in [5.41, 5.74) is 6.48. The van der Waals surface area contributed by atoms with Crippen LogP contribution in [0.2, 0.25) is 0 Å². The second-order valence-corrected chi connectivity index (χ2v) is 3.16. The van der Waals surface area contributed by atoms with Gasteiger partial charge >= 0.3 is 0 Å². The molecule has 2 N–H and O–H groups in total. The van der Waals surface area contributed by atoms with E-state index in [9.17, 15) is 4.79 Å². The number of hydrogen-bond acceptors (Lipinski definition) is 4. The number of benzene rings is 1. The first-order valence-corrected chi connectivity index (χ1v) is 4.57. The highest BCUT2D eigenvalue weighted by Gasteiger charge is 2.21. The van der Waals surface area contributed by atoms with Crippen LogP contribution in [0, 0.1) is 0 Å². The van der Waals surface area contributed by atoms with Gasteiger partial charge in [-0.15, -0.1) is 0 Å². The van der Waals surface area contributed by atoms with Gasteiger partial charge in [0.15, 0.2) is 0 Å². The van der Waals surface area contributed by atoms with E-state index in [4.69, 9.17) is 10.6 Å². The maximum atomic E-state index is 10.9. The Hall–Kier alpha value is -1.88. The van der Waals surface area contributed by atoms with Crippen molar-refractivity contribution in [2.75, 3.05) is 6.54 Å². The molecular formula is C10H11N3O2. The Balaban J connectivity index is 1.90. The van der Waals surface area contributed by atoms with Gasteiger partial charge in [0.25, 0.3) is 5.91 Å². The summed E-state index contributed by atoms with van der Waals surface area (Å²) in [5.74, 6) is -0.156. The molecule has 15 heavy (non-hydrogen) atoms. The summed E-state index contributed by atoms with van der Waals surface area (Å²) in [6.45, 7) is 0.475. The van der Waals surface area contributed by atoms with Gasteiger partial charge in [-0.05, 0) is 5.56 Å². The molecule has 1 aliphatic rings. The molecule has 0 bridgehead atoms. The largest absolute Gasteiger partial charge is 0.368 e. The molecule has 1 aromatic carbocycles. The Bertz CT molecular complexity index is 389. The highest BCUT2D eigenvalue weighted by Crippen LogP contribution is 2.05. The highest BCUT2D eigenvalue weighted by atomic mass is 16.7. The van der Waals surface area contributed by atoms with E-state index in [0.717, 1.165) is 5.56 Å². The van der Waals surface area contributed by atoms with Crippen molar-refractivity contribution in [3.05, 3.63) is 35.9 Å². The topological polar surface area (TPSA) is 67.9 Å². The molecule has 5 nitrogen and oxygen atoms in total. The fourth-order valence-corrected chi connectivity index (χ4v) is 1.26. The van der Waals surface area contributed by atoms with Crippen molar-refractivity contribution < 1.29 is 9.63 Å². The number of nitrogens with two attached hydrogens (primary N) is 1. The summed E-state index contributed by atoms with van der Waals surface area (Å²) >= 11 is 0. The molecule has 0 atom stereocenters. The SMILES string of the molecule is NC1=NC(=O)CN1OCc1ccccc1. The molecule has 0 saturated carbocycles. The first-order chi connectivity index (χ1) is 7.25. The van der Waals surface area contributed by atoms with Gasteiger partial charge in [-0.2, -0.15) is 4.99 Å². The molecule has 0 saturated heterocycles. The average Bonchev–Trinajstić information content (AvgIpc) is 2.56. The number of rotatable bonds is 3. The van der Waals surface area contributed by atoms with E-state index in [1.165, 1.54) is 5.06 Å². The van der Waals surface area contributed by atoms with Crippen LogP contribution >= 0.6 is 0 Å². The molecular weight excluding hydrogens is 194 g/mol. The number of nitrogens with zero attached hydrogens (tertiary/aromatic N) is 2. The predicted molar refractivity (Wildman–Crippen MR) is 54.6 cm³/mol. The first-order valence-electron chi connectivity index (χ1n) is 4.57. The van der Waals surface area contributed by atoms with Crippen LogP contribution in [0.25, 0.3) is 0 Å². The molecule has 5 heteroatoms. The number of amides is 1. The van der Waals surface area contributed by atoms with Crippen LogP contribution in [0.1, 0.15) is 5.56 Å². The van der Waals surface area contributed by atoms with Crippen LogP contribution in [-0.4, -0.2) is 23.5 Å². The quantitative estimate of drug-likeness (QED) is 0.769. The van der Waals surface area contributed by atoms with Crippen LogP contribution in [-0.2, 0) is 16.2 Å². The van der Waals surface area contributed by atoms with Crippen LogP contribution in [0.4, 0.5) is 0 Å². The second-order valence-electron chi connectivity index (χ2n) is 3.16. The molecule has 0 aromatic heterocycles. The molecule has 78 valence electrons. The smallest absolute Gasteiger partial charge is 0.271 e. The maximum Gasteiger partial charge on any atom is 0.271 e. The fourth-order valence-electron chi connectivity index (χ4n) is 1.26. The van der Waals surface area contributed by atoms with Crippen molar-refractivity contribution in [3.8, 4) is 0 Å². The molecule has 1 aromatic rings. The minimum atomic E-state index is -0.277. The standard InChI is InChI=1S/C10H11N3O2/c11-10-12-9(14)6-13(10)15-7-8-4-2-1-3-5-8/h1-5H,6-7H2,(H2,11,12,14). The van der Waals surface area contributed by atoms with Gasteiger partial charge in [0.2, 0.25) is 5.96 Å². The molecule has 0 fully saturated rings. The van der Waals surface area contributed by atoms with Gasteiger partial charge in [0, 0.05) is 0 Å². The number of hydroxylamine groups is 2. The fraction of sp³-hybridized carbons (Fsp3) is 0.200. The number of carbonyl (C=O) groups is 1. The predicted octanol–water partition coefficient (Wildman–Crippen LogP) is 0.275. The Morgan fingerprint density at radius 2 is 2.13 bits per heavy atom. The summed E-state index contributed by atoms with van der Waals surface area (Å²) in [4.78, 5) is 19.8. The molecule has 1 amide bonds. The average molecular weight is 205 g/mol. The molecule has 0 spiro atoms. The van der Waals surface area contributed by atoms with E-state index in [1.807, 2.05) is 30.3 Å². The van der Waals surface area contributed by atoms with Gasteiger partial charge in [-0.3, -0.25) is 9.63 Å². The zero-order valence-corrected chi connectivity index (χ0v) is 8.09. The van der Waals surface area contributed by atoms with Gasteiger partial charge in [0.1, 0.15) is 13.2 Å². The molecule has 0 aliphatic carbocycles. The van der Waals surface area contributed by atoms with E-state index in [2.05, 4.69) is 4.99 Å². The summed E-state index contributed by atoms with van der Waals surface area (Å²) < 4.78 is 0. The lowest BCUT2D eigenvalue weighted by molar-refractivity contribution is -0.132. The van der Waals surface area contributed by atoms with Crippen LogP contribution < -0.4 is 5.73 Å². The van der Waals surface area contributed by atoms with Crippen molar-refractivity contribution in [2.45, 2.75) is 6.61 Å². The lowest BCUT2D eigenvalue weighted by atomic mass is 10.2. The van der Waals surface area contributed by atoms with Crippen molar-refractivity contribution in [2.24, 2.45) is 10.7 Å². The number of guanidine groups is 1. The molecule has 1 aliphatic heterocycles. The first kappa shape index (κ1) is 9.67. The van der Waals surface area contributed by atoms with Crippen LogP contribution in [0.5, 0.6) is 0 Å². The molecule has 0 unspecified atom stereocenters. The Labute approximate surface area is 87.1 Å². The monoisotopic (exact) mass is 205 g/mol. The summed E-state index contributed by atoms with van der Waals surface area (Å²) in [7, 11) is 0. The zero-order chi connectivity index (χ0) is 10.7. The van der Waals surface area contributed by atoms with E-state index in [0.29, 0.717) is 6.61 Å². The van der Waals surface area contributed by atoms with E-state index in [-0.39, 0.29) is 18.4 Å². The normalized spacial score (nSPS) is 15.6. The minimum Gasteiger partial charge on any atom is -0.368 e. The summed E-state index contributed by atoms with van der Waals surface area (Å²) in [5, 5.41) is 1.30. The third-order valence-electron chi connectivity index (χ3n) is 2.00. The van der Waals surface area contributed by atoms with E-state index < -0.39 is 0 Å². The number of aliphatic imine (C=N–C) groups is 1. The minimum absolute atomic E-state index is 0.0959. The van der Waals surface area contributed by atoms with Gasteiger partial charge < -0.3 is 5.73 Å². The van der Waals surface area contributed by atoms with Crippen molar-refractivity contribution >= 4 is 11.9 Å². The van der Waals surface area contributed by atoms with Gasteiger partial charge in [-0.1, -0.05) is 30.3 Å². The highest BCUT2D eigenvalue weighted by molar-refractivity contribution is 5.99. The summed E-state index contributed by atoms with van der Waals surface area (Å²) in [6, 6.07) is 9.64. The number of carbonyl (C=O) groups excluding carboxylic acids is 1. The third kappa shape index (κ3) is 2.32. The van der Waals surface area contributed by atoms with Gasteiger partial charge in [-0.25, -0.2) is 5.06 Å². The number of hydrogen-bond donors (Lipinski definition) is 1. The van der Waals surface area contributed by atoms with E-state index >= 15 is 0 Å². The zero-order valence-electron chi connectivity index (χ0n) is 8.09. The summed E-state index contributed by atoms with van der Waals surface area (Å²) in [6.07, 6.45) is 0. The van der Waals surface area contributed by atoms with Crippen molar-refractivity contribution in [3.63, 3.8) is 0 Å². The van der Waals surface area contributed by atoms with Crippen LogP contribution in [0.15, 0.2) is 35.3 Å². The molecule has 1 heterocycles. The molecule has 0 radical (unpaired) electrons. The van der Waals surface area contributed by atoms with Crippen molar-refractivity contribution in [1.82, 2.24) is 5.06 Å². The maximum absolute atomic E-state index is 10.9. The Kier molecular flexibility index (Phi) is 2.64. The van der Waals surface area contributed by atoms with Crippen molar-refractivity contribution in [1.29, 1.82) is 0 Å².